The Bertz CT molecular complexity index is 644. The van der Waals surface area contributed by atoms with Crippen LogP contribution in [-0.4, -0.2) is 26.6 Å². The van der Waals surface area contributed by atoms with Gasteiger partial charge in [-0.1, -0.05) is 30.3 Å². The van der Waals surface area contributed by atoms with Crippen LogP contribution >= 0.6 is 0 Å². The summed E-state index contributed by atoms with van der Waals surface area (Å²) in [5, 5.41) is 4.40. The molecule has 0 spiro atoms. The third-order valence-corrected chi connectivity index (χ3v) is 4.13. The third kappa shape index (κ3) is 3.56. The van der Waals surface area contributed by atoms with Crippen molar-refractivity contribution >= 4 is 5.91 Å². The van der Waals surface area contributed by atoms with Crippen molar-refractivity contribution in [3.63, 3.8) is 0 Å². The van der Waals surface area contributed by atoms with Crippen LogP contribution in [0.4, 0.5) is 0 Å². The number of hydrogen-bond acceptors (Lipinski definition) is 2. The molecule has 0 fully saturated rings. The second-order valence-electron chi connectivity index (χ2n) is 6.05. The average molecular weight is 299 g/mol. The molecule has 118 valence electrons. The van der Waals surface area contributed by atoms with E-state index in [0.29, 0.717) is 13.0 Å². The summed E-state index contributed by atoms with van der Waals surface area (Å²) in [5.41, 5.74) is 4.21. The van der Waals surface area contributed by atoms with E-state index in [-0.39, 0.29) is 11.9 Å². The molecule has 1 aromatic heterocycles. The average Bonchev–Trinajstić information content (AvgIpc) is 2.72. The molecule has 2 aromatic rings. The summed E-state index contributed by atoms with van der Waals surface area (Å²) >= 11 is 0. The lowest BCUT2D eigenvalue weighted by molar-refractivity contribution is -0.132. The van der Waals surface area contributed by atoms with Gasteiger partial charge in [-0.3, -0.25) is 9.48 Å². The highest BCUT2D eigenvalue weighted by Gasteiger charge is 2.21. The predicted octanol–water partition coefficient (Wildman–Crippen LogP) is 3.02. The fraction of sp³-hybridized carbons (Fsp3) is 0.444. The van der Waals surface area contributed by atoms with Crippen LogP contribution in [0.1, 0.15) is 36.4 Å². The van der Waals surface area contributed by atoms with Gasteiger partial charge in [0.2, 0.25) is 5.91 Å². The number of amides is 1. The fourth-order valence-corrected chi connectivity index (χ4v) is 2.66. The van der Waals surface area contributed by atoms with Gasteiger partial charge in [-0.25, -0.2) is 0 Å². The van der Waals surface area contributed by atoms with Gasteiger partial charge in [0.05, 0.1) is 12.1 Å². The zero-order valence-electron chi connectivity index (χ0n) is 14.1. The minimum atomic E-state index is 0.151. The van der Waals surface area contributed by atoms with Crippen LogP contribution in [-0.2, 0) is 24.8 Å². The Balaban J connectivity index is 2.16. The van der Waals surface area contributed by atoms with Crippen molar-refractivity contribution in [2.45, 2.75) is 46.7 Å². The number of benzene rings is 1. The Hall–Kier alpha value is -2.10. The summed E-state index contributed by atoms with van der Waals surface area (Å²) in [6.07, 6.45) is 0.413. The van der Waals surface area contributed by atoms with Gasteiger partial charge in [0.15, 0.2) is 0 Å². The number of aromatic nitrogens is 2. The van der Waals surface area contributed by atoms with Crippen LogP contribution in [0.25, 0.3) is 0 Å². The molecule has 0 saturated carbocycles. The molecule has 0 N–H and O–H groups in total. The number of nitrogens with zero attached hydrogens (tertiary/aromatic N) is 3. The van der Waals surface area contributed by atoms with E-state index in [1.54, 1.807) is 0 Å². The minimum Gasteiger partial charge on any atom is -0.336 e. The highest BCUT2D eigenvalue weighted by atomic mass is 16.2. The molecule has 4 nitrogen and oxygen atoms in total. The topological polar surface area (TPSA) is 38.1 Å². The van der Waals surface area contributed by atoms with E-state index in [0.717, 1.165) is 22.5 Å². The van der Waals surface area contributed by atoms with Crippen molar-refractivity contribution in [1.29, 1.82) is 0 Å². The van der Waals surface area contributed by atoms with Crippen molar-refractivity contribution < 1.29 is 4.79 Å². The van der Waals surface area contributed by atoms with E-state index in [9.17, 15) is 4.79 Å². The molecule has 2 rings (SSSR count). The summed E-state index contributed by atoms with van der Waals surface area (Å²) in [4.78, 5) is 14.7. The van der Waals surface area contributed by atoms with Crippen LogP contribution in [0.2, 0.25) is 0 Å². The molecule has 0 bridgehead atoms. The molecule has 1 aromatic carbocycles. The van der Waals surface area contributed by atoms with Crippen LogP contribution in [0.15, 0.2) is 30.3 Å². The first kappa shape index (κ1) is 16.3. The van der Waals surface area contributed by atoms with Gasteiger partial charge >= 0.3 is 0 Å². The van der Waals surface area contributed by atoms with Gasteiger partial charge < -0.3 is 4.90 Å². The fourth-order valence-electron chi connectivity index (χ4n) is 2.66. The van der Waals surface area contributed by atoms with E-state index in [4.69, 9.17) is 0 Å². The molecule has 22 heavy (non-hydrogen) atoms. The van der Waals surface area contributed by atoms with Gasteiger partial charge in [-0.05, 0) is 33.3 Å². The van der Waals surface area contributed by atoms with E-state index < -0.39 is 0 Å². The molecule has 0 aliphatic carbocycles. The lowest BCUT2D eigenvalue weighted by atomic mass is 10.1. The molecule has 4 heteroatoms. The molecule has 0 aliphatic rings. The number of carbonyl (C=O) groups excluding carboxylic acids is 1. The zero-order chi connectivity index (χ0) is 16.3. The minimum absolute atomic E-state index is 0.151. The molecule has 0 radical (unpaired) electrons. The predicted molar refractivity (Wildman–Crippen MR) is 88.5 cm³/mol. The Morgan fingerprint density at radius 1 is 1.23 bits per heavy atom. The van der Waals surface area contributed by atoms with Crippen LogP contribution < -0.4 is 0 Å². The molecular formula is C18H25N3O. The van der Waals surface area contributed by atoms with Gasteiger partial charge in [-0.2, -0.15) is 5.10 Å². The monoisotopic (exact) mass is 299 g/mol. The SMILES string of the molecule is Cc1nn(C)c(C)c1CC(=O)N(Cc1ccccc1)C(C)C. The van der Waals surface area contributed by atoms with Crippen molar-refractivity contribution in [2.75, 3.05) is 0 Å². The second kappa shape index (κ2) is 6.77. The van der Waals surface area contributed by atoms with Crippen LogP contribution in [0.3, 0.4) is 0 Å². The highest BCUT2D eigenvalue weighted by Crippen LogP contribution is 2.16. The van der Waals surface area contributed by atoms with Crippen molar-refractivity contribution in [3.8, 4) is 0 Å². The Labute approximate surface area is 132 Å². The first-order valence-corrected chi connectivity index (χ1v) is 7.72. The number of rotatable bonds is 5. The van der Waals surface area contributed by atoms with Crippen molar-refractivity contribution in [3.05, 3.63) is 52.8 Å². The number of aryl methyl sites for hydroxylation is 2. The first-order valence-electron chi connectivity index (χ1n) is 7.72. The lowest BCUT2D eigenvalue weighted by Crippen LogP contribution is -2.37. The summed E-state index contributed by atoms with van der Waals surface area (Å²) in [7, 11) is 1.92. The molecule has 0 aliphatic heterocycles. The Morgan fingerprint density at radius 3 is 2.36 bits per heavy atom. The second-order valence-corrected chi connectivity index (χ2v) is 6.05. The molecular weight excluding hydrogens is 274 g/mol. The largest absolute Gasteiger partial charge is 0.336 e. The summed E-state index contributed by atoms with van der Waals surface area (Å²) in [6, 6.07) is 10.3. The molecule has 1 amide bonds. The maximum atomic E-state index is 12.8. The number of carbonyl (C=O) groups is 1. The van der Waals surface area contributed by atoms with Crippen molar-refractivity contribution in [1.82, 2.24) is 14.7 Å². The molecule has 0 saturated heterocycles. The third-order valence-electron chi connectivity index (χ3n) is 4.13. The normalized spacial score (nSPS) is 11.0. The maximum Gasteiger partial charge on any atom is 0.227 e. The van der Waals surface area contributed by atoms with E-state index in [1.807, 2.05) is 48.7 Å². The quantitative estimate of drug-likeness (QED) is 0.851. The summed E-state index contributed by atoms with van der Waals surface area (Å²) in [5.74, 6) is 0.151. The molecule has 0 unspecified atom stereocenters. The van der Waals surface area contributed by atoms with Gasteiger partial charge in [-0.15, -0.1) is 0 Å². The maximum absolute atomic E-state index is 12.8. The number of hydrogen-bond donors (Lipinski definition) is 0. The Morgan fingerprint density at radius 2 is 1.86 bits per heavy atom. The van der Waals surface area contributed by atoms with Gasteiger partial charge in [0, 0.05) is 30.9 Å². The van der Waals surface area contributed by atoms with E-state index in [1.165, 1.54) is 0 Å². The smallest absolute Gasteiger partial charge is 0.227 e. The van der Waals surface area contributed by atoms with Gasteiger partial charge in [0.25, 0.3) is 0 Å². The van der Waals surface area contributed by atoms with Gasteiger partial charge in [0.1, 0.15) is 0 Å². The standard InChI is InChI=1S/C18H25N3O/c1-13(2)21(12-16-9-7-6-8-10-16)18(22)11-17-14(3)19-20(5)15(17)4/h6-10,13H,11-12H2,1-5H3. The summed E-state index contributed by atoms with van der Waals surface area (Å²) in [6.45, 7) is 8.75. The molecule has 1 heterocycles. The van der Waals surface area contributed by atoms with Crippen LogP contribution in [0.5, 0.6) is 0 Å². The van der Waals surface area contributed by atoms with E-state index >= 15 is 0 Å². The van der Waals surface area contributed by atoms with E-state index in [2.05, 4.69) is 31.1 Å². The highest BCUT2D eigenvalue weighted by molar-refractivity contribution is 5.79. The molecule has 0 atom stereocenters. The van der Waals surface area contributed by atoms with Crippen molar-refractivity contribution in [2.24, 2.45) is 7.05 Å². The first-order chi connectivity index (χ1) is 10.4. The zero-order valence-corrected chi connectivity index (χ0v) is 14.1. The lowest BCUT2D eigenvalue weighted by Gasteiger charge is -2.27. The van der Waals surface area contributed by atoms with Crippen LogP contribution in [0, 0.1) is 13.8 Å². The Kier molecular flexibility index (Phi) is 5.01. The summed E-state index contributed by atoms with van der Waals surface area (Å²) < 4.78 is 1.84.